The highest BCUT2D eigenvalue weighted by atomic mass is 16.7. The molecule has 0 N–H and O–H groups in total. The minimum absolute atomic E-state index is 0.248. The molecule has 1 fully saturated rings. The van der Waals surface area contributed by atoms with Gasteiger partial charge < -0.3 is 18.9 Å². The third kappa shape index (κ3) is 6.90. The van der Waals surface area contributed by atoms with E-state index in [1.54, 1.807) is 0 Å². The quantitative estimate of drug-likeness (QED) is 0.561. The Balaban J connectivity index is 0.00000151. The molecule has 4 nitrogen and oxygen atoms in total. The molecule has 0 bridgehead atoms. The van der Waals surface area contributed by atoms with E-state index >= 15 is 0 Å². The average molecular weight is 344 g/mol. The van der Waals surface area contributed by atoms with Gasteiger partial charge in [0.05, 0.1) is 31.8 Å². The fourth-order valence-corrected chi connectivity index (χ4v) is 2.37. The molecule has 1 aliphatic rings. The van der Waals surface area contributed by atoms with Crippen molar-refractivity contribution in [3.8, 4) is 24.7 Å². The number of benzene rings is 1. The Morgan fingerprint density at radius 2 is 1.48 bits per heavy atom. The predicted octanol–water partition coefficient (Wildman–Crippen LogP) is 3.35. The SMILES string of the molecule is C#CCOCC1(COCC#C)COC(c2ccc(C)cc2)OC1.CC. The van der Waals surface area contributed by atoms with E-state index < -0.39 is 5.41 Å². The molecule has 0 saturated carbocycles. The molecule has 0 spiro atoms. The highest BCUT2D eigenvalue weighted by molar-refractivity contribution is 5.22. The molecule has 1 aliphatic heterocycles. The van der Waals surface area contributed by atoms with Crippen molar-refractivity contribution in [1.29, 1.82) is 0 Å². The monoisotopic (exact) mass is 344 g/mol. The number of rotatable bonds is 7. The van der Waals surface area contributed by atoms with Gasteiger partial charge in [-0.25, -0.2) is 0 Å². The zero-order chi connectivity index (χ0) is 18.5. The first-order valence-electron chi connectivity index (χ1n) is 8.51. The Labute approximate surface area is 151 Å². The van der Waals surface area contributed by atoms with E-state index in [0.717, 1.165) is 5.56 Å². The first-order chi connectivity index (χ1) is 12.2. The zero-order valence-electron chi connectivity index (χ0n) is 15.4. The lowest BCUT2D eigenvalue weighted by Crippen LogP contribution is -2.46. The van der Waals surface area contributed by atoms with Gasteiger partial charge in [0.2, 0.25) is 0 Å². The summed E-state index contributed by atoms with van der Waals surface area (Å²) in [5, 5.41) is 0. The summed E-state index contributed by atoms with van der Waals surface area (Å²) < 4.78 is 22.8. The van der Waals surface area contributed by atoms with Crippen LogP contribution in [0.5, 0.6) is 0 Å². The summed E-state index contributed by atoms with van der Waals surface area (Å²) in [4.78, 5) is 0. The average Bonchev–Trinajstić information content (AvgIpc) is 2.65. The van der Waals surface area contributed by atoms with Gasteiger partial charge in [-0.3, -0.25) is 0 Å². The number of hydrogen-bond acceptors (Lipinski definition) is 4. The van der Waals surface area contributed by atoms with Crippen molar-refractivity contribution in [3.63, 3.8) is 0 Å². The highest BCUT2D eigenvalue weighted by Crippen LogP contribution is 2.32. The molecule has 0 unspecified atom stereocenters. The van der Waals surface area contributed by atoms with Crippen molar-refractivity contribution in [3.05, 3.63) is 35.4 Å². The van der Waals surface area contributed by atoms with Gasteiger partial charge >= 0.3 is 0 Å². The van der Waals surface area contributed by atoms with E-state index in [1.807, 2.05) is 45.0 Å². The van der Waals surface area contributed by atoms with Crippen LogP contribution in [-0.2, 0) is 18.9 Å². The van der Waals surface area contributed by atoms with Crippen LogP contribution < -0.4 is 0 Å². The first-order valence-corrected chi connectivity index (χ1v) is 8.51. The molecular formula is C21H28O4. The minimum atomic E-state index is -0.394. The van der Waals surface area contributed by atoms with Gasteiger partial charge in [0, 0.05) is 5.56 Å². The van der Waals surface area contributed by atoms with Gasteiger partial charge in [0.15, 0.2) is 6.29 Å². The molecule has 0 aromatic heterocycles. The topological polar surface area (TPSA) is 36.9 Å². The smallest absolute Gasteiger partial charge is 0.183 e. The van der Waals surface area contributed by atoms with Gasteiger partial charge in [-0.1, -0.05) is 55.5 Å². The van der Waals surface area contributed by atoms with Crippen LogP contribution >= 0.6 is 0 Å². The van der Waals surface area contributed by atoms with E-state index in [9.17, 15) is 0 Å². The van der Waals surface area contributed by atoms with Crippen LogP contribution in [0.4, 0.5) is 0 Å². The van der Waals surface area contributed by atoms with Crippen molar-refractivity contribution >= 4 is 0 Å². The summed E-state index contributed by atoms with van der Waals surface area (Å²) in [6.45, 7) is 8.27. The molecule has 2 rings (SSSR count). The van der Waals surface area contributed by atoms with Crippen LogP contribution in [0.25, 0.3) is 0 Å². The predicted molar refractivity (Wildman–Crippen MR) is 98.9 cm³/mol. The van der Waals surface area contributed by atoms with Crippen LogP contribution in [-0.4, -0.2) is 39.6 Å². The fourth-order valence-electron chi connectivity index (χ4n) is 2.37. The molecule has 4 heteroatoms. The van der Waals surface area contributed by atoms with Gasteiger partial charge in [0.25, 0.3) is 0 Å². The Hall–Kier alpha value is -1.82. The molecular weight excluding hydrogens is 316 g/mol. The highest BCUT2D eigenvalue weighted by Gasteiger charge is 2.38. The second kappa shape index (κ2) is 11.7. The maximum absolute atomic E-state index is 5.90. The molecule has 136 valence electrons. The third-order valence-corrected chi connectivity index (χ3v) is 3.62. The van der Waals surface area contributed by atoms with Crippen LogP contribution in [0.2, 0.25) is 0 Å². The standard InChI is InChI=1S/C19H22O4.C2H6/c1-4-10-20-12-19(13-21-11-5-2)14-22-18(23-15-19)17-8-6-16(3)7-9-17;1-2/h1-2,6-9,18H,10-15H2,3H3;1-2H3. The van der Waals surface area contributed by atoms with Crippen LogP contribution in [0.1, 0.15) is 31.3 Å². The van der Waals surface area contributed by atoms with Crippen LogP contribution in [0.15, 0.2) is 24.3 Å². The molecule has 0 atom stereocenters. The molecule has 1 saturated heterocycles. The molecule has 1 heterocycles. The van der Waals surface area contributed by atoms with Crippen LogP contribution in [0, 0.1) is 37.0 Å². The maximum atomic E-state index is 5.90. The Kier molecular flexibility index (Phi) is 9.92. The molecule has 0 radical (unpaired) electrons. The molecule has 1 aromatic carbocycles. The van der Waals surface area contributed by atoms with Gasteiger partial charge in [-0.2, -0.15) is 0 Å². The van der Waals surface area contributed by atoms with Crippen LogP contribution in [0.3, 0.4) is 0 Å². The summed E-state index contributed by atoms with van der Waals surface area (Å²) in [7, 11) is 0. The van der Waals surface area contributed by atoms with Crippen molar-refractivity contribution in [1.82, 2.24) is 0 Å². The molecule has 0 aliphatic carbocycles. The number of aryl methyl sites for hydroxylation is 1. The second-order valence-corrected chi connectivity index (χ2v) is 5.76. The summed E-state index contributed by atoms with van der Waals surface area (Å²) in [6.07, 6.45) is 10.1. The lowest BCUT2D eigenvalue weighted by atomic mass is 9.91. The lowest BCUT2D eigenvalue weighted by molar-refractivity contribution is -0.253. The Morgan fingerprint density at radius 3 is 1.92 bits per heavy atom. The zero-order valence-corrected chi connectivity index (χ0v) is 15.4. The van der Waals surface area contributed by atoms with E-state index in [4.69, 9.17) is 31.8 Å². The van der Waals surface area contributed by atoms with Crippen molar-refractivity contribution < 1.29 is 18.9 Å². The molecule has 1 aromatic rings. The third-order valence-electron chi connectivity index (χ3n) is 3.62. The van der Waals surface area contributed by atoms with E-state index in [-0.39, 0.29) is 19.5 Å². The summed E-state index contributed by atoms with van der Waals surface area (Å²) in [6, 6.07) is 8.10. The van der Waals surface area contributed by atoms with Gasteiger partial charge in [-0.15, -0.1) is 12.8 Å². The second-order valence-electron chi connectivity index (χ2n) is 5.76. The van der Waals surface area contributed by atoms with Crippen molar-refractivity contribution in [2.24, 2.45) is 5.41 Å². The Bertz CT molecular complexity index is 535. The maximum Gasteiger partial charge on any atom is 0.183 e. The van der Waals surface area contributed by atoms with E-state index in [0.29, 0.717) is 26.4 Å². The number of ether oxygens (including phenoxy) is 4. The molecule has 0 amide bonds. The largest absolute Gasteiger partial charge is 0.368 e. The summed E-state index contributed by atoms with van der Waals surface area (Å²) >= 11 is 0. The number of terminal acetylenes is 2. The van der Waals surface area contributed by atoms with E-state index in [1.165, 1.54) is 5.56 Å². The number of hydrogen-bond donors (Lipinski definition) is 0. The fraction of sp³-hybridized carbons (Fsp3) is 0.524. The normalized spacial score (nSPS) is 16.2. The van der Waals surface area contributed by atoms with Crippen molar-refractivity contribution in [2.45, 2.75) is 27.1 Å². The molecule has 25 heavy (non-hydrogen) atoms. The Morgan fingerprint density at radius 1 is 1.00 bits per heavy atom. The van der Waals surface area contributed by atoms with Crippen molar-refractivity contribution in [2.75, 3.05) is 39.6 Å². The summed E-state index contributed by atoms with van der Waals surface area (Å²) in [5.41, 5.74) is 1.80. The van der Waals surface area contributed by atoms with Gasteiger partial charge in [0.1, 0.15) is 13.2 Å². The van der Waals surface area contributed by atoms with E-state index in [2.05, 4.69) is 11.8 Å². The minimum Gasteiger partial charge on any atom is -0.368 e. The lowest BCUT2D eigenvalue weighted by Gasteiger charge is -2.39. The summed E-state index contributed by atoms with van der Waals surface area (Å²) in [5.74, 6) is 4.91. The first kappa shape index (κ1) is 21.2. The van der Waals surface area contributed by atoms with Gasteiger partial charge in [-0.05, 0) is 6.92 Å².